The molecule has 4 fully saturated rings. The maximum absolute atomic E-state index is 14.0. The minimum atomic E-state index is -0.981. The highest BCUT2D eigenvalue weighted by atomic mass is 16.3. The highest BCUT2D eigenvalue weighted by Crippen LogP contribution is 2.49. The number of hydrogen-bond donors (Lipinski definition) is 3. The van der Waals surface area contributed by atoms with E-state index in [2.05, 4.69) is 61.7 Å². The van der Waals surface area contributed by atoms with Gasteiger partial charge in [-0.3, -0.25) is 48.8 Å². The molecule has 3 atom stereocenters. The summed E-state index contributed by atoms with van der Waals surface area (Å²) >= 11 is 0. The van der Waals surface area contributed by atoms with Crippen LogP contribution >= 0.6 is 0 Å². The summed E-state index contributed by atoms with van der Waals surface area (Å²) < 4.78 is 3.68. The molecule has 1 saturated carbocycles. The average Bonchev–Trinajstić information content (AvgIpc) is 4.12. The van der Waals surface area contributed by atoms with E-state index in [1.165, 1.54) is 22.2 Å². The molecule has 0 bridgehead atoms. The van der Waals surface area contributed by atoms with Gasteiger partial charge in [-0.2, -0.15) is 0 Å². The van der Waals surface area contributed by atoms with Gasteiger partial charge in [0.25, 0.3) is 23.3 Å². The number of rotatable bonds is 9. The highest BCUT2D eigenvalue weighted by molar-refractivity contribution is 6.23. The first-order chi connectivity index (χ1) is 35.6. The monoisotopic (exact) mass is 1000 g/mol. The van der Waals surface area contributed by atoms with Crippen molar-refractivity contribution in [1.29, 1.82) is 0 Å². The lowest BCUT2D eigenvalue weighted by molar-refractivity contribution is -0.136. The van der Waals surface area contributed by atoms with E-state index in [4.69, 9.17) is 4.98 Å². The lowest BCUT2D eigenvalue weighted by Gasteiger charge is -2.45. The van der Waals surface area contributed by atoms with Crippen molar-refractivity contribution < 1.29 is 29.1 Å². The number of aliphatic hydroxyl groups is 1. The van der Waals surface area contributed by atoms with Crippen LogP contribution in [0, 0.1) is 10.8 Å². The number of carbonyl (C=O) groups is 5. The summed E-state index contributed by atoms with van der Waals surface area (Å²) in [6.45, 7) is 12.0. The molecule has 2 aliphatic carbocycles. The minimum Gasteiger partial charge on any atom is -0.392 e. The largest absolute Gasteiger partial charge is 0.392 e. The van der Waals surface area contributed by atoms with Crippen LogP contribution in [0.1, 0.15) is 114 Å². The van der Waals surface area contributed by atoms with Gasteiger partial charge in [-0.1, -0.05) is 13.8 Å². The summed E-state index contributed by atoms with van der Waals surface area (Å²) in [5, 5.41) is 16.4. The predicted molar refractivity (Wildman–Crippen MR) is 279 cm³/mol. The molecule has 7 aliphatic rings. The molecule has 5 amide bonds. The number of hydrogen-bond acceptors (Lipinski definition) is 13. The van der Waals surface area contributed by atoms with Crippen LogP contribution in [0.15, 0.2) is 71.9 Å². The molecule has 18 nitrogen and oxygen atoms in total. The first kappa shape index (κ1) is 47.8. The molecule has 1 aromatic carbocycles. The van der Waals surface area contributed by atoms with Crippen LogP contribution in [0.3, 0.4) is 0 Å². The zero-order valence-corrected chi connectivity index (χ0v) is 42.5. The summed E-state index contributed by atoms with van der Waals surface area (Å²) in [6, 6.07) is 14.8. The van der Waals surface area contributed by atoms with Gasteiger partial charge in [0, 0.05) is 106 Å². The fraction of sp³-hybridized carbons (Fsp3) is 0.464. The topological polar surface area (TPSA) is 199 Å². The Morgan fingerprint density at radius 2 is 1.61 bits per heavy atom. The van der Waals surface area contributed by atoms with E-state index in [-0.39, 0.29) is 47.8 Å². The van der Waals surface area contributed by atoms with Crippen LogP contribution in [0.25, 0.3) is 11.1 Å². The van der Waals surface area contributed by atoms with Crippen LogP contribution in [0.2, 0.25) is 0 Å². The summed E-state index contributed by atoms with van der Waals surface area (Å²) in [7, 11) is 1.70. The van der Waals surface area contributed by atoms with E-state index >= 15 is 0 Å². The zero-order chi connectivity index (χ0) is 51.4. The standard InChI is InChI=1S/C56H63N11O7/c1-33-30-63(37-11-13-56(27-37)14-17-62(18-15-56)36-5-7-40-41(25-36)52(72)67(51(40)71)44-8-10-48(69)60-50(44)70)19-20-64(33)38-6-9-47(58-29-38)59-43-23-35(31-61(4)53(43)73)39-12-16-57-49(42(39)32-68)66-22-21-65-45(54(66)74)24-34-26-55(2,3)28-46(34)65/h5-7,9,12,16,23-25,29,31,33,37,44,68H,8,10-11,13-15,17-22,26-28,30,32H2,1-4H3,(H,58,59)(H,60,69,70)/t33-,37-,44?/m0/s1. The first-order valence-corrected chi connectivity index (χ1v) is 26.2. The third-order valence-corrected chi connectivity index (χ3v) is 17.4. The summed E-state index contributed by atoms with van der Waals surface area (Å²) in [4.78, 5) is 98.2. The second-order valence-electron chi connectivity index (χ2n) is 22.6. The number of piperazine rings is 1. The molecule has 5 aliphatic heterocycles. The minimum absolute atomic E-state index is 0.0875. The van der Waals surface area contributed by atoms with Crippen LogP contribution < -0.4 is 30.9 Å². The Morgan fingerprint density at radius 1 is 0.811 bits per heavy atom. The number of aryl methyl sites for hydroxylation is 1. The summed E-state index contributed by atoms with van der Waals surface area (Å²) in [5.41, 5.74) is 8.11. The summed E-state index contributed by atoms with van der Waals surface area (Å²) in [6.07, 6.45) is 13.0. The van der Waals surface area contributed by atoms with E-state index in [0.717, 1.165) is 87.5 Å². The number of nitrogens with one attached hydrogen (secondary N) is 2. The van der Waals surface area contributed by atoms with Gasteiger partial charge in [-0.25, -0.2) is 9.97 Å². The van der Waals surface area contributed by atoms with Crippen molar-refractivity contribution in [2.24, 2.45) is 17.9 Å². The van der Waals surface area contributed by atoms with Crippen LogP contribution in [-0.2, 0) is 42.6 Å². The van der Waals surface area contributed by atoms with Crippen molar-refractivity contribution >= 4 is 58.2 Å². The average molecular weight is 1000 g/mol. The zero-order valence-electron chi connectivity index (χ0n) is 42.5. The van der Waals surface area contributed by atoms with Crippen molar-refractivity contribution in [1.82, 2.24) is 34.2 Å². The number of pyridine rings is 3. The Labute approximate surface area is 429 Å². The van der Waals surface area contributed by atoms with Crippen molar-refractivity contribution in [3.63, 3.8) is 0 Å². The number of fused-ring (bicyclic) bond motifs is 4. The Bertz CT molecular complexity index is 3230. The fourth-order valence-electron chi connectivity index (χ4n) is 13.5. The van der Waals surface area contributed by atoms with Crippen molar-refractivity contribution in [3.05, 3.63) is 111 Å². The molecule has 3 saturated heterocycles. The Morgan fingerprint density at radius 3 is 2.36 bits per heavy atom. The lowest BCUT2D eigenvalue weighted by atomic mass is 9.76. The second-order valence-corrected chi connectivity index (χ2v) is 22.6. The quantitative estimate of drug-likeness (QED) is 0.159. The number of nitrogens with zero attached hydrogens (tertiary/aromatic N) is 9. The molecule has 1 spiro atoms. The van der Waals surface area contributed by atoms with Gasteiger partial charge in [-0.15, -0.1) is 0 Å². The third-order valence-electron chi connectivity index (χ3n) is 17.4. The Kier molecular flexibility index (Phi) is 11.7. The van der Waals surface area contributed by atoms with Crippen LogP contribution in [0.4, 0.5) is 28.7 Å². The number of aliphatic hydroxyl groups excluding tert-OH is 1. The molecule has 74 heavy (non-hydrogen) atoms. The molecule has 5 aromatic rings. The smallest absolute Gasteiger partial charge is 0.276 e. The number of piperidine rings is 2. The van der Waals surface area contributed by atoms with Gasteiger partial charge in [0.1, 0.15) is 29.1 Å². The van der Waals surface area contributed by atoms with Gasteiger partial charge in [0.05, 0.1) is 29.6 Å². The molecule has 12 rings (SSSR count). The number of amides is 5. The first-order valence-electron chi connectivity index (χ1n) is 26.2. The molecule has 18 heteroatoms. The fourth-order valence-corrected chi connectivity index (χ4v) is 13.5. The number of aromatic nitrogens is 4. The van der Waals surface area contributed by atoms with E-state index < -0.39 is 29.7 Å². The second kappa shape index (κ2) is 18.0. The SMILES string of the molecule is C[C@H]1CN([C@H]2CCC3(CCN(c4ccc5c(c4)C(=O)N(C4CCC(=O)NC4=O)C5=O)CC3)C2)CCN1c1ccc(Nc2cc(-c3ccnc(N4CCn5c(cc6c5CC(C)(C)C6)C4=O)c3CO)cn(C)c2=O)nc1. The molecular formula is C56H63N11O7. The number of carbonyl (C=O) groups excluding carboxylic acids is 5. The predicted octanol–water partition coefficient (Wildman–Crippen LogP) is 5.42. The number of anilines is 5. The number of imide groups is 2. The lowest BCUT2D eigenvalue weighted by Crippen LogP contribution is -2.54. The van der Waals surface area contributed by atoms with Crippen molar-refractivity contribution in [2.75, 3.05) is 59.3 Å². The Hall–Kier alpha value is -7.18. The van der Waals surface area contributed by atoms with E-state index in [1.807, 2.05) is 30.5 Å². The van der Waals surface area contributed by atoms with Crippen molar-refractivity contribution in [3.8, 4) is 11.1 Å². The third kappa shape index (κ3) is 8.16. The molecule has 3 N–H and O–H groups in total. The molecular weight excluding hydrogens is 939 g/mol. The maximum Gasteiger partial charge on any atom is 0.276 e. The van der Waals surface area contributed by atoms with Gasteiger partial charge < -0.3 is 29.4 Å². The van der Waals surface area contributed by atoms with Crippen LogP contribution in [-0.4, -0.2) is 121 Å². The summed E-state index contributed by atoms with van der Waals surface area (Å²) in [5.74, 6) is -1.15. The van der Waals surface area contributed by atoms with Crippen LogP contribution in [0.5, 0.6) is 0 Å². The normalized spacial score (nSPS) is 23.4. The Balaban J connectivity index is 0.664. The molecule has 384 valence electrons. The van der Waals surface area contributed by atoms with Gasteiger partial charge in [0.15, 0.2) is 0 Å². The van der Waals surface area contributed by atoms with Gasteiger partial charge in [0.2, 0.25) is 11.8 Å². The molecule has 9 heterocycles. The van der Waals surface area contributed by atoms with Gasteiger partial charge >= 0.3 is 0 Å². The molecule has 0 radical (unpaired) electrons. The van der Waals surface area contributed by atoms with E-state index in [1.54, 1.807) is 42.5 Å². The highest BCUT2D eigenvalue weighted by Gasteiger charge is 2.47. The van der Waals surface area contributed by atoms with E-state index in [9.17, 15) is 33.9 Å². The van der Waals surface area contributed by atoms with Gasteiger partial charge in [-0.05, 0) is 129 Å². The van der Waals surface area contributed by atoms with E-state index in [0.29, 0.717) is 70.0 Å². The maximum atomic E-state index is 14.0. The molecule has 4 aromatic heterocycles. The van der Waals surface area contributed by atoms with Crippen molar-refractivity contribution in [2.45, 2.75) is 110 Å². The number of benzene rings is 1. The molecule has 1 unspecified atom stereocenters.